The highest BCUT2D eigenvalue weighted by atomic mass is 27.2. The molecule has 0 saturated heterocycles. The fourth-order valence-electron chi connectivity index (χ4n) is 1.48. The second kappa shape index (κ2) is 10.8. The molecule has 0 N–H and O–H groups in total. The molecule has 0 aliphatic heterocycles. The van der Waals surface area contributed by atoms with Crippen molar-refractivity contribution in [3.8, 4) is 0 Å². The average molecular weight is 238 g/mol. The van der Waals surface area contributed by atoms with Crippen molar-refractivity contribution in [2.45, 2.75) is 48.8 Å². The van der Waals surface area contributed by atoms with E-state index in [0.29, 0.717) is 0 Å². The molecule has 0 bridgehead atoms. The van der Waals surface area contributed by atoms with Crippen molar-refractivity contribution >= 4 is 28.3 Å². The number of ether oxygens (including phenoxy) is 1. The first-order chi connectivity index (χ1) is 7.28. The molecule has 1 nitrogen and oxygen atoms in total. The van der Waals surface area contributed by atoms with E-state index in [1.165, 1.54) is 21.1 Å². The van der Waals surface area contributed by atoms with E-state index in [-0.39, 0.29) is 0 Å². The lowest BCUT2D eigenvalue weighted by molar-refractivity contribution is 0.404. The first-order valence-electron chi connectivity index (χ1n) is 6.27. The van der Waals surface area contributed by atoms with Crippen LogP contribution in [0.15, 0.2) is 22.4 Å². The van der Waals surface area contributed by atoms with E-state index in [1.54, 1.807) is 0 Å². The smallest absolute Gasteiger partial charge is 0.299 e. The van der Waals surface area contributed by atoms with Crippen LogP contribution < -0.4 is 0 Å². The molecule has 0 aliphatic carbocycles. The SMILES string of the molecule is C[CH2][Al]([CH]=COC=[CH][Al]([CH2]C)[CH2]C)[CH2]C. The molecule has 0 spiro atoms. The normalized spacial score (nSPS) is 11.2. The van der Waals surface area contributed by atoms with E-state index in [1.807, 2.05) is 12.5 Å². The van der Waals surface area contributed by atoms with Crippen LogP contribution in [-0.2, 0) is 4.74 Å². The lowest BCUT2D eigenvalue weighted by Gasteiger charge is -1.99. The first kappa shape index (κ1) is 15.3. The summed E-state index contributed by atoms with van der Waals surface area (Å²) in [5.41, 5.74) is 0. The summed E-state index contributed by atoms with van der Waals surface area (Å²) in [4.78, 5) is 4.61. The lowest BCUT2D eigenvalue weighted by atomic mass is 10.9. The minimum Gasteiger partial charge on any atom is -0.476 e. The molecule has 0 aromatic rings. The second-order valence-corrected chi connectivity index (χ2v) is 11.0. The topological polar surface area (TPSA) is 9.23 Å². The second-order valence-electron chi connectivity index (χ2n) is 3.95. The van der Waals surface area contributed by atoms with E-state index in [4.69, 9.17) is 4.74 Å². The maximum atomic E-state index is 5.41. The van der Waals surface area contributed by atoms with Crippen LogP contribution >= 0.6 is 0 Å². The predicted octanol–water partition coefficient (Wildman–Crippen LogP) is 4.18. The Morgan fingerprint density at radius 2 is 1.07 bits per heavy atom. The molecule has 0 atom stereocenters. The van der Waals surface area contributed by atoms with E-state index in [0.717, 1.165) is 0 Å². The summed E-state index contributed by atoms with van der Waals surface area (Å²) in [5, 5.41) is 5.34. The summed E-state index contributed by atoms with van der Waals surface area (Å²) < 4.78 is 5.41. The van der Waals surface area contributed by atoms with Crippen molar-refractivity contribution in [2.24, 2.45) is 0 Å². The minimum atomic E-state index is -0.602. The van der Waals surface area contributed by atoms with Crippen LogP contribution in [0.4, 0.5) is 0 Å². The van der Waals surface area contributed by atoms with Crippen LogP contribution in [0.1, 0.15) is 27.7 Å². The Hall–Kier alpha value is 0.345. The van der Waals surface area contributed by atoms with Gasteiger partial charge in [0.1, 0.15) is 0 Å². The van der Waals surface area contributed by atoms with Gasteiger partial charge in [0.2, 0.25) is 0 Å². The van der Waals surface area contributed by atoms with Crippen molar-refractivity contribution in [3.63, 3.8) is 0 Å². The number of hydrogen-bond donors (Lipinski definition) is 0. The van der Waals surface area contributed by atoms with Gasteiger partial charge in [0.05, 0.1) is 12.5 Å². The Bertz CT molecular complexity index is 162. The highest BCUT2D eigenvalue weighted by Gasteiger charge is 2.07. The van der Waals surface area contributed by atoms with Crippen molar-refractivity contribution in [1.82, 2.24) is 0 Å². The molecule has 0 unspecified atom stereocenters. The van der Waals surface area contributed by atoms with Gasteiger partial charge in [0, 0.05) is 0 Å². The van der Waals surface area contributed by atoms with Gasteiger partial charge in [-0.3, -0.25) is 0 Å². The molecule has 0 aromatic carbocycles. The molecule has 0 fully saturated rings. The van der Waals surface area contributed by atoms with E-state index >= 15 is 0 Å². The highest BCUT2D eigenvalue weighted by Crippen LogP contribution is 2.01. The van der Waals surface area contributed by atoms with Crippen LogP contribution in [0, 0.1) is 0 Å². The standard InChI is InChI=1S/C4H4O.4C2H5.2Al/c1-3-5-4-2;4*1-2;;/h1-4H;4*1H2,2H3;;. The summed E-state index contributed by atoms with van der Waals surface area (Å²) in [7, 11) is 0. The highest BCUT2D eigenvalue weighted by molar-refractivity contribution is 6.64. The third-order valence-electron chi connectivity index (χ3n) is 2.96. The zero-order valence-electron chi connectivity index (χ0n) is 10.7. The molecule has 0 aromatic heterocycles. The monoisotopic (exact) mass is 238 g/mol. The van der Waals surface area contributed by atoms with Gasteiger partial charge in [-0.05, 0) is 0 Å². The Morgan fingerprint density at radius 3 is 1.33 bits per heavy atom. The Labute approximate surface area is 104 Å². The van der Waals surface area contributed by atoms with Crippen LogP contribution in [-0.4, -0.2) is 28.3 Å². The van der Waals surface area contributed by atoms with Crippen molar-refractivity contribution in [3.05, 3.63) is 22.4 Å². The van der Waals surface area contributed by atoms with Gasteiger partial charge in [-0.1, -0.05) is 48.8 Å². The predicted molar refractivity (Wildman–Crippen MR) is 72.8 cm³/mol. The third kappa shape index (κ3) is 8.18. The summed E-state index contributed by atoms with van der Waals surface area (Å²) in [6, 6.07) is 0. The molecule has 3 heteroatoms. The van der Waals surface area contributed by atoms with Gasteiger partial charge in [0.15, 0.2) is 0 Å². The summed E-state index contributed by atoms with van der Waals surface area (Å²) in [6.45, 7) is 9.10. The van der Waals surface area contributed by atoms with E-state index < -0.39 is 28.3 Å². The van der Waals surface area contributed by atoms with Crippen molar-refractivity contribution < 1.29 is 4.74 Å². The van der Waals surface area contributed by atoms with Gasteiger partial charge >= 0.3 is 0 Å². The largest absolute Gasteiger partial charge is 0.476 e. The fraction of sp³-hybridized carbons (Fsp3) is 0.667. The van der Waals surface area contributed by atoms with Gasteiger partial charge < -0.3 is 4.74 Å². The molecule has 84 valence electrons. The molecular weight excluding hydrogens is 214 g/mol. The quantitative estimate of drug-likeness (QED) is 0.455. The molecule has 0 radical (unpaired) electrons. The molecule has 0 saturated carbocycles. The van der Waals surface area contributed by atoms with Gasteiger partial charge in [-0.2, -0.15) is 0 Å². The van der Waals surface area contributed by atoms with Crippen LogP contribution in [0.25, 0.3) is 0 Å². The molecule has 0 heterocycles. The lowest BCUT2D eigenvalue weighted by Crippen LogP contribution is -2.05. The number of rotatable bonds is 8. The Kier molecular flexibility index (Phi) is 11.1. The van der Waals surface area contributed by atoms with Gasteiger partial charge in [-0.15, -0.1) is 9.88 Å². The molecule has 0 amide bonds. The fourth-order valence-corrected chi connectivity index (χ4v) is 4.35. The maximum absolute atomic E-state index is 5.41. The van der Waals surface area contributed by atoms with Crippen molar-refractivity contribution in [2.75, 3.05) is 0 Å². The number of hydrogen-bond acceptors (Lipinski definition) is 1. The summed E-state index contributed by atoms with van der Waals surface area (Å²) in [6.07, 6.45) is 3.80. The minimum absolute atomic E-state index is 0.602. The molecule has 15 heavy (non-hydrogen) atoms. The Morgan fingerprint density at radius 1 is 0.733 bits per heavy atom. The van der Waals surface area contributed by atoms with Crippen molar-refractivity contribution in [1.29, 1.82) is 0 Å². The summed E-state index contributed by atoms with van der Waals surface area (Å²) >= 11 is -1.20. The molecular formula is C12H24Al2O. The van der Waals surface area contributed by atoms with E-state index in [9.17, 15) is 0 Å². The maximum Gasteiger partial charge on any atom is 0.299 e. The average Bonchev–Trinajstić information content (AvgIpc) is 2.29. The molecule has 0 rings (SSSR count). The zero-order valence-corrected chi connectivity index (χ0v) is 13.0. The first-order valence-corrected chi connectivity index (χ1v) is 10.9. The van der Waals surface area contributed by atoms with Gasteiger partial charge in [0.25, 0.3) is 28.3 Å². The van der Waals surface area contributed by atoms with Gasteiger partial charge in [-0.25, -0.2) is 0 Å². The van der Waals surface area contributed by atoms with Crippen LogP contribution in [0.2, 0.25) is 21.1 Å². The van der Waals surface area contributed by atoms with Crippen LogP contribution in [0.3, 0.4) is 0 Å². The summed E-state index contributed by atoms with van der Waals surface area (Å²) in [5.74, 6) is 0. The Balaban J connectivity index is 3.76. The zero-order chi connectivity index (χ0) is 11.5. The third-order valence-corrected chi connectivity index (χ3v) is 8.55. The van der Waals surface area contributed by atoms with E-state index in [2.05, 4.69) is 37.6 Å². The van der Waals surface area contributed by atoms with Crippen LogP contribution in [0.5, 0.6) is 0 Å². The molecule has 0 aliphatic rings.